The Balaban J connectivity index is 1.49. The van der Waals surface area contributed by atoms with Gasteiger partial charge in [0, 0.05) is 51.1 Å². The van der Waals surface area contributed by atoms with Crippen molar-refractivity contribution in [1.29, 1.82) is 0 Å². The second-order valence-electron chi connectivity index (χ2n) is 7.07. The summed E-state index contributed by atoms with van der Waals surface area (Å²) in [5, 5.41) is 3.53. The molecule has 0 spiro atoms. The van der Waals surface area contributed by atoms with Gasteiger partial charge in [0.15, 0.2) is 5.96 Å². The van der Waals surface area contributed by atoms with E-state index in [-0.39, 0.29) is 0 Å². The third-order valence-electron chi connectivity index (χ3n) is 5.59. The molecule has 3 fully saturated rings. The number of nitrogens with zero attached hydrogens (tertiary/aromatic N) is 3. The highest BCUT2D eigenvalue weighted by Gasteiger charge is 2.53. The zero-order valence-electron chi connectivity index (χ0n) is 13.9. The van der Waals surface area contributed by atoms with Crippen LogP contribution in [0.3, 0.4) is 0 Å². The number of nitrogens with one attached hydrogen (secondary N) is 1. The van der Waals surface area contributed by atoms with Crippen molar-refractivity contribution < 1.29 is 4.74 Å². The van der Waals surface area contributed by atoms with Gasteiger partial charge in [0.05, 0.1) is 12.2 Å². The SMILES string of the molecule is CN=C(NCCN(C)C(C)C)N1CC2C3CCC(O3)C2C1. The van der Waals surface area contributed by atoms with Crippen molar-refractivity contribution in [3.8, 4) is 0 Å². The highest BCUT2D eigenvalue weighted by atomic mass is 16.5. The Morgan fingerprint density at radius 1 is 1.29 bits per heavy atom. The zero-order chi connectivity index (χ0) is 15.0. The molecule has 4 atom stereocenters. The molecule has 2 bridgehead atoms. The molecular weight excluding hydrogens is 264 g/mol. The van der Waals surface area contributed by atoms with Gasteiger partial charge in [0.25, 0.3) is 0 Å². The molecule has 3 heterocycles. The highest BCUT2D eigenvalue weighted by molar-refractivity contribution is 5.80. The molecule has 5 nitrogen and oxygen atoms in total. The lowest BCUT2D eigenvalue weighted by Crippen LogP contribution is -2.44. The Labute approximate surface area is 128 Å². The second kappa shape index (κ2) is 6.13. The minimum atomic E-state index is 0.523. The molecule has 0 aromatic heterocycles. The first-order valence-corrected chi connectivity index (χ1v) is 8.41. The van der Waals surface area contributed by atoms with Crippen molar-refractivity contribution in [2.45, 2.75) is 44.9 Å². The molecule has 120 valence electrons. The van der Waals surface area contributed by atoms with Gasteiger partial charge in [-0.3, -0.25) is 4.99 Å². The van der Waals surface area contributed by atoms with Crippen LogP contribution in [0.4, 0.5) is 0 Å². The predicted molar refractivity (Wildman–Crippen MR) is 85.6 cm³/mol. The van der Waals surface area contributed by atoms with Crippen LogP contribution in [0.15, 0.2) is 4.99 Å². The zero-order valence-corrected chi connectivity index (χ0v) is 13.9. The number of likely N-dealkylation sites (tertiary alicyclic amines) is 1. The second-order valence-corrected chi connectivity index (χ2v) is 7.07. The summed E-state index contributed by atoms with van der Waals surface area (Å²) in [4.78, 5) is 9.28. The summed E-state index contributed by atoms with van der Waals surface area (Å²) in [6, 6.07) is 0.590. The largest absolute Gasteiger partial charge is 0.374 e. The monoisotopic (exact) mass is 294 g/mol. The van der Waals surface area contributed by atoms with Crippen LogP contribution < -0.4 is 5.32 Å². The lowest BCUT2D eigenvalue weighted by molar-refractivity contribution is 0.0767. The van der Waals surface area contributed by atoms with Gasteiger partial charge in [-0.05, 0) is 33.7 Å². The third kappa shape index (κ3) is 2.90. The first-order chi connectivity index (χ1) is 10.1. The van der Waals surface area contributed by atoms with Crippen LogP contribution in [0.2, 0.25) is 0 Å². The number of ether oxygens (including phenoxy) is 1. The van der Waals surface area contributed by atoms with Gasteiger partial charge in [-0.2, -0.15) is 0 Å². The van der Waals surface area contributed by atoms with Crippen molar-refractivity contribution in [2.75, 3.05) is 40.3 Å². The van der Waals surface area contributed by atoms with Crippen LogP contribution in [-0.2, 0) is 4.74 Å². The van der Waals surface area contributed by atoms with Gasteiger partial charge in [0.2, 0.25) is 0 Å². The predicted octanol–water partition coefficient (Wildman–Crippen LogP) is 1.01. The first-order valence-electron chi connectivity index (χ1n) is 8.41. The molecule has 0 aliphatic carbocycles. The topological polar surface area (TPSA) is 40.1 Å². The molecule has 3 saturated heterocycles. The van der Waals surface area contributed by atoms with Crippen molar-refractivity contribution in [3.63, 3.8) is 0 Å². The normalized spacial score (nSPS) is 35.1. The van der Waals surface area contributed by atoms with Crippen LogP contribution in [0.5, 0.6) is 0 Å². The molecule has 0 saturated carbocycles. The van der Waals surface area contributed by atoms with Crippen molar-refractivity contribution in [3.05, 3.63) is 0 Å². The minimum absolute atomic E-state index is 0.523. The average Bonchev–Trinajstić information content (AvgIpc) is 3.14. The Morgan fingerprint density at radius 2 is 1.90 bits per heavy atom. The Morgan fingerprint density at radius 3 is 2.43 bits per heavy atom. The summed E-state index contributed by atoms with van der Waals surface area (Å²) in [7, 11) is 4.07. The molecule has 4 unspecified atom stereocenters. The van der Waals surface area contributed by atoms with Crippen molar-refractivity contribution >= 4 is 5.96 Å². The van der Waals surface area contributed by atoms with E-state index in [1.807, 2.05) is 7.05 Å². The maximum Gasteiger partial charge on any atom is 0.193 e. The number of aliphatic imine (C=N–C) groups is 1. The molecule has 21 heavy (non-hydrogen) atoms. The van der Waals surface area contributed by atoms with E-state index in [4.69, 9.17) is 4.74 Å². The summed E-state index contributed by atoms with van der Waals surface area (Å²) in [5.74, 6) is 2.54. The van der Waals surface area contributed by atoms with Gasteiger partial charge >= 0.3 is 0 Å². The van der Waals surface area contributed by atoms with E-state index in [1.165, 1.54) is 12.8 Å². The number of fused-ring (bicyclic) bond motifs is 5. The smallest absolute Gasteiger partial charge is 0.193 e. The van der Waals surface area contributed by atoms with E-state index in [1.54, 1.807) is 0 Å². The summed E-state index contributed by atoms with van der Waals surface area (Å²) in [6.45, 7) is 8.69. The lowest BCUT2D eigenvalue weighted by atomic mass is 9.82. The van der Waals surface area contributed by atoms with E-state index in [0.29, 0.717) is 18.2 Å². The Bertz CT molecular complexity index is 380. The molecule has 5 heteroatoms. The van der Waals surface area contributed by atoms with E-state index in [9.17, 15) is 0 Å². The highest BCUT2D eigenvalue weighted by Crippen LogP contribution is 2.47. The lowest BCUT2D eigenvalue weighted by Gasteiger charge is -2.25. The molecule has 0 radical (unpaired) electrons. The summed E-state index contributed by atoms with van der Waals surface area (Å²) in [5.41, 5.74) is 0. The fourth-order valence-electron chi connectivity index (χ4n) is 4.07. The molecule has 1 N–H and O–H groups in total. The van der Waals surface area contributed by atoms with E-state index in [0.717, 1.165) is 44.0 Å². The maximum atomic E-state index is 6.05. The van der Waals surface area contributed by atoms with Crippen molar-refractivity contribution in [1.82, 2.24) is 15.1 Å². The van der Waals surface area contributed by atoms with Crippen LogP contribution in [0, 0.1) is 11.8 Å². The Hall–Kier alpha value is -0.810. The quantitative estimate of drug-likeness (QED) is 0.620. The summed E-state index contributed by atoms with van der Waals surface area (Å²) >= 11 is 0. The fourth-order valence-corrected chi connectivity index (χ4v) is 4.07. The van der Waals surface area contributed by atoms with Gasteiger partial charge in [-0.1, -0.05) is 0 Å². The van der Waals surface area contributed by atoms with E-state index >= 15 is 0 Å². The van der Waals surface area contributed by atoms with Crippen LogP contribution in [-0.4, -0.2) is 74.3 Å². The third-order valence-corrected chi connectivity index (χ3v) is 5.59. The minimum Gasteiger partial charge on any atom is -0.374 e. The average molecular weight is 294 g/mol. The van der Waals surface area contributed by atoms with Crippen molar-refractivity contribution in [2.24, 2.45) is 16.8 Å². The van der Waals surface area contributed by atoms with Crippen LogP contribution >= 0.6 is 0 Å². The fraction of sp³-hybridized carbons (Fsp3) is 0.938. The van der Waals surface area contributed by atoms with Gasteiger partial charge < -0.3 is 19.9 Å². The van der Waals surface area contributed by atoms with E-state index in [2.05, 4.69) is 41.0 Å². The molecule has 3 rings (SSSR count). The number of hydrogen-bond acceptors (Lipinski definition) is 3. The number of hydrogen-bond donors (Lipinski definition) is 1. The molecule has 3 aliphatic rings. The van der Waals surface area contributed by atoms with Gasteiger partial charge in [0.1, 0.15) is 0 Å². The number of guanidine groups is 1. The van der Waals surface area contributed by atoms with Gasteiger partial charge in [-0.25, -0.2) is 0 Å². The molecule has 3 aliphatic heterocycles. The van der Waals surface area contributed by atoms with Crippen LogP contribution in [0.1, 0.15) is 26.7 Å². The van der Waals surface area contributed by atoms with E-state index < -0.39 is 0 Å². The van der Waals surface area contributed by atoms with Crippen LogP contribution in [0.25, 0.3) is 0 Å². The first kappa shape index (κ1) is 15.1. The summed E-state index contributed by atoms with van der Waals surface area (Å²) < 4.78 is 6.05. The Kier molecular flexibility index (Phi) is 4.41. The summed E-state index contributed by atoms with van der Waals surface area (Å²) in [6.07, 6.45) is 3.58. The molecule has 0 aromatic rings. The maximum absolute atomic E-state index is 6.05. The number of likely N-dealkylation sites (N-methyl/N-ethyl adjacent to an activating group) is 1. The number of rotatable bonds is 4. The molecule has 0 aromatic carbocycles. The molecular formula is C16H30N4O. The standard InChI is InChI=1S/C16H30N4O/c1-11(2)19(4)8-7-18-16(17-3)20-9-12-13(10-20)15-6-5-14(12)21-15/h11-15H,5-10H2,1-4H3,(H,17,18). The molecule has 0 amide bonds. The van der Waals surface area contributed by atoms with Gasteiger partial charge in [-0.15, -0.1) is 0 Å².